The fourth-order valence-corrected chi connectivity index (χ4v) is 2.16. The highest BCUT2D eigenvalue weighted by atomic mass is 32.1. The van der Waals surface area contributed by atoms with E-state index in [-0.39, 0.29) is 17.6 Å². The van der Waals surface area contributed by atoms with Crippen molar-refractivity contribution in [1.82, 2.24) is 4.98 Å². The van der Waals surface area contributed by atoms with Gasteiger partial charge >= 0.3 is 0 Å². The van der Waals surface area contributed by atoms with Gasteiger partial charge in [0.05, 0.1) is 24.4 Å². The molecule has 5 heteroatoms. The lowest BCUT2D eigenvalue weighted by atomic mass is 10.2. The molecule has 0 aliphatic carbocycles. The van der Waals surface area contributed by atoms with E-state index >= 15 is 0 Å². The summed E-state index contributed by atoms with van der Waals surface area (Å²) in [7, 11) is 1.45. The Kier molecular flexibility index (Phi) is 3.58. The van der Waals surface area contributed by atoms with Crippen LogP contribution in [-0.4, -0.2) is 12.1 Å². The van der Waals surface area contributed by atoms with Crippen LogP contribution in [0.1, 0.15) is 18.7 Å². The zero-order valence-electron chi connectivity index (χ0n) is 9.61. The van der Waals surface area contributed by atoms with Crippen molar-refractivity contribution in [2.24, 2.45) is 0 Å². The van der Waals surface area contributed by atoms with Crippen molar-refractivity contribution in [2.45, 2.75) is 13.0 Å². The number of nitrogens with zero attached hydrogens (tertiary/aromatic N) is 1. The molecule has 1 unspecified atom stereocenters. The first-order valence-corrected chi connectivity index (χ1v) is 6.13. The lowest BCUT2D eigenvalue weighted by Gasteiger charge is -2.13. The monoisotopic (exact) mass is 252 g/mol. The Balaban J connectivity index is 2.11. The molecule has 0 saturated heterocycles. The molecule has 1 aromatic carbocycles. The topological polar surface area (TPSA) is 34.1 Å². The van der Waals surface area contributed by atoms with E-state index in [2.05, 4.69) is 10.3 Å². The van der Waals surface area contributed by atoms with Gasteiger partial charge in [0, 0.05) is 17.1 Å². The molecule has 17 heavy (non-hydrogen) atoms. The van der Waals surface area contributed by atoms with Gasteiger partial charge in [0.25, 0.3) is 0 Å². The van der Waals surface area contributed by atoms with Crippen LogP contribution in [0.4, 0.5) is 10.1 Å². The summed E-state index contributed by atoms with van der Waals surface area (Å²) in [5.74, 6) is -0.125. The van der Waals surface area contributed by atoms with Crippen molar-refractivity contribution in [3.8, 4) is 5.75 Å². The van der Waals surface area contributed by atoms with Gasteiger partial charge in [-0.15, -0.1) is 11.3 Å². The molecule has 1 N–H and O–H groups in total. The molecular formula is C12H13FN2OS. The van der Waals surface area contributed by atoms with E-state index in [1.807, 2.05) is 12.3 Å². The predicted molar refractivity (Wildman–Crippen MR) is 67.1 cm³/mol. The minimum atomic E-state index is -0.372. The lowest BCUT2D eigenvalue weighted by molar-refractivity contribution is 0.386. The van der Waals surface area contributed by atoms with Gasteiger partial charge in [-0.2, -0.15) is 0 Å². The molecule has 0 radical (unpaired) electrons. The fourth-order valence-electron chi connectivity index (χ4n) is 1.52. The van der Waals surface area contributed by atoms with Gasteiger partial charge in [-0.05, 0) is 19.1 Å². The first-order valence-electron chi connectivity index (χ1n) is 5.19. The Morgan fingerprint density at radius 2 is 2.29 bits per heavy atom. The van der Waals surface area contributed by atoms with Crippen molar-refractivity contribution in [3.05, 3.63) is 40.6 Å². The molecule has 0 aliphatic rings. The maximum atomic E-state index is 13.5. The molecule has 1 atom stereocenters. The second-order valence-electron chi connectivity index (χ2n) is 3.63. The van der Waals surface area contributed by atoms with E-state index in [0.29, 0.717) is 5.69 Å². The summed E-state index contributed by atoms with van der Waals surface area (Å²) in [6.07, 6.45) is 0. The standard InChI is InChI=1S/C12H13FN2OS/c1-8(11-6-17-7-14-11)15-9-3-4-12(16-2)10(13)5-9/h3-8,15H,1-2H3. The minimum absolute atomic E-state index is 0.0500. The quantitative estimate of drug-likeness (QED) is 0.904. The van der Waals surface area contributed by atoms with E-state index in [4.69, 9.17) is 4.74 Å². The number of nitrogens with one attached hydrogen (secondary N) is 1. The number of halogens is 1. The molecule has 2 aromatic rings. The van der Waals surface area contributed by atoms with Gasteiger partial charge < -0.3 is 10.1 Å². The molecule has 0 saturated carbocycles. The van der Waals surface area contributed by atoms with Crippen LogP contribution in [0.15, 0.2) is 29.1 Å². The zero-order valence-corrected chi connectivity index (χ0v) is 10.4. The third-order valence-corrected chi connectivity index (χ3v) is 3.03. The number of ether oxygens (including phenoxy) is 1. The molecule has 0 aliphatic heterocycles. The molecule has 1 aromatic heterocycles. The van der Waals surface area contributed by atoms with Crippen LogP contribution in [0.2, 0.25) is 0 Å². The first-order chi connectivity index (χ1) is 8.20. The smallest absolute Gasteiger partial charge is 0.167 e. The number of thiazole rings is 1. The van der Waals surface area contributed by atoms with E-state index in [1.54, 1.807) is 29.0 Å². The predicted octanol–water partition coefficient (Wildman–Crippen LogP) is 3.46. The summed E-state index contributed by atoms with van der Waals surface area (Å²) >= 11 is 1.54. The van der Waals surface area contributed by atoms with Gasteiger partial charge in [-0.1, -0.05) is 0 Å². The van der Waals surface area contributed by atoms with Crippen LogP contribution < -0.4 is 10.1 Å². The van der Waals surface area contributed by atoms with Gasteiger partial charge in [0.15, 0.2) is 11.6 Å². The number of hydrogen-bond acceptors (Lipinski definition) is 4. The van der Waals surface area contributed by atoms with Crippen molar-refractivity contribution in [1.29, 1.82) is 0 Å². The lowest BCUT2D eigenvalue weighted by Crippen LogP contribution is -2.07. The molecular weight excluding hydrogens is 239 g/mol. The Labute approximate surface area is 103 Å². The van der Waals surface area contributed by atoms with Gasteiger partial charge in [-0.25, -0.2) is 9.37 Å². The van der Waals surface area contributed by atoms with Crippen LogP contribution in [0.5, 0.6) is 5.75 Å². The number of rotatable bonds is 4. The van der Waals surface area contributed by atoms with Crippen molar-refractivity contribution in [3.63, 3.8) is 0 Å². The highest BCUT2D eigenvalue weighted by Crippen LogP contribution is 2.24. The van der Waals surface area contributed by atoms with E-state index in [1.165, 1.54) is 13.2 Å². The number of hydrogen-bond donors (Lipinski definition) is 1. The molecule has 90 valence electrons. The first kappa shape index (κ1) is 11.9. The van der Waals surface area contributed by atoms with Crippen LogP contribution in [0.25, 0.3) is 0 Å². The molecule has 3 nitrogen and oxygen atoms in total. The third kappa shape index (κ3) is 2.74. The Morgan fingerprint density at radius 3 is 2.88 bits per heavy atom. The summed E-state index contributed by atoms with van der Waals surface area (Å²) in [6, 6.07) is 4.85. The largest absolute Gasteiger partial charge is 0.494 e. The Hall–Kier alpha value is -1.62. The summed E-state index contributed by atoms with van der Waals surface area (Å²) in [4.78, 5) is 4.21. The van der Waals surface area contributed by atoms with Crippen molar-refractivity contribution >= 4 is 17.0 Å². The average Bonchev–Trinajstić information content (AvgIpc) is 2.82. The average molecular weight is 252 g/mol. The number of methoxy groups -OCH3 is 1. The SMILES string of the molecule is COc1ccc(NC(C)c2cscn2)cc1F. The summed E-state index contributed by atoms with van der Waals surface area (Å²) < 4.78 is 18.3. The molecule has 2 rings (SSSR count). The highest BCUT2D eigenvalue weighted by molar-refractivity contribution is 7.07. The van der Waals surface area contributed by atoms with Crippen molar-refractivity contribution in [2.75, 3.05) is 12.4 Å². The second-order valence-corrected chi connectivity index (χ2v) is 4.35. The maximum absolute atomic E-state index is 13.5. The third-order valence-electron chi connectivity index (χ3n) is 2.43. The normalized spacial score (nSPS) is 12.2. The maximum Gasteiger partial charge on any atom is 0.167 e. The zero-order chi connectivity index (χ0) is 12.3. The number of anilines is 1. The summed E-state index contributed by atoms with van der Waals surface area (Å²) in [6.45, 7) is 1.98. The minimum Gasteiger partial charge on any atom is -0.494 e. The van der Waals surface area contributed by atoms with Gasteiger partial charge in [0.1, 0.15) is 0 Å². The van der Waals surface area contributed by atoms with Gasteiger partial charge in [-0.3, -0.25) is 0 Å². The fraction of sp³-hybridized carbons (Fsp3) is 0.250. The number of benzene rings is 1. The Morgan fingerprint density at radius 1 is 1.47 bits per heavy atom. The van der Waals surface area contributed by atoms with Crippen LogP contribution in [0, 0.1) is 5.82 Å². The van der Waals surface area contributed by atoms with Crippen molar-refractivity contribution < 1.29 is 9.13 Å². The second kappa shape index (κ2) is 5.14. The van der Waals surface area contributed by atoms with Crippen LogP contribution in [-0.2, 0) is 0 Å². The Bertz CT molecular complexity index is 487. The molecule has 0 bridgehead atoms. The van der Waals surface area contributed by atoms with Gasteiger partial charge in [0.2, 0.25) is 0 Å². The van der Waals surface area contributed by atoms with Crippen LogP contribution >= 0.6 is 11.3 Å². The summed E-state index contributed by atoms with van der Waals surface area (Å²) in [5, 5.41) is 5.15. The molecule has 1 heterocycles. The number of aromatic nitrogens is 1. The van der Waals surface area contributed by atoms with E-state index in [9.17, 15) is 4.39 Å². The van der Waals surface area contributed by atoms with E-state index < -0.39 is 0 Å². The molecule has 0 spiro atoms. The summed E-state index contributed by atoms with van der Waals surface area (Å²) in [5.41, 5.74) is 3.44. The van der Waals surface area contributed by atoms with Crippen LogP contribution in [0.3, 0.4) is 0 Å². The molecule has 0 fully saturated rings. The van der Waals surface area contributed by atoms with E-state index in [0.717, 1.165) is 5.69 Å². The molecule has 0 amide bonds. The highest BCUT2D eigenvalue weighted by Gasteiger charge is 2.09.